The first kappa shape index (κ1) is 18.3. The molecule has 0 saturated heterocycles. The molecule has 1 aliphatic rings. The number of ether oxygens (including phenoxy) is 1. The molecular formula is C21H35NO. The maximum absolute atomic E-state index is 6.57. The third kappa shape index (κ3) is 5.53. The highest BCUT2D eigenvalue weighted by Crippen LogP contribution is 2.38. The quantitative estimate of drug-likeness (QED) is 0.579. The van der Waals surface area contributed by atoms with Crippen LogP contribution < -0.4 is 10.5 Å². The maximum Gasteiger partial charge on any atom is 0.119 e. The van der Waals surface area contributed by atoms with Gasteiger partial charge in [0.15, 0.2) is 0 Å². The van der Waals surface area contributed by atoms with Crippen LogP contribution in [0.2, 0.25) is 0 Å². The van der Waals surface area contributed by atoms with Gasteiger partial charge in [-0.25, -0.2) is 0 Å². The SMILES string of the molecule is CCCCCCCOc1ccc(C[C@H]2CCC[C@@]2(N)CC)cc1. The van der Waals surface area contributed by atoms with E-state index in [-0.39, 0.29) is 5.54 Å². The second kappa shape index (κ2) is 9.32. The lowest BCUT2D eigenvalue weighted by atomic mass is 9.82. The van der Waals surface area contributed by atoms with E-state index in [0.29, 0.717) is 5.92 Å². The van der Waals surface area contributed by atoms with E-state index in [4.69, 9.17) is 10.5 Å². The summed E-state index contributed by atoms with van der Waals surface area (Å²) in [4.78, 5) is 0. The standard InChI is InChI=1S/C21H35NO/c1-3-5-6-7-8-16-23-20-13-11-18(12-14-20)17-19-10-9-15-21(19,22)4-2/h11-14,19H,3-10,15-17,22H2,1-2H3/t19-,21+/m1/s1. The number of hydrogen-bond donors (Lipinski definition) is 1. The van der Waals surface area contributed by atoms with Crippen LogP contribution in [0.5, 0.6) is 5.75 Å². The van der Waals surface area contributed by atoms with Crippen molar-refractivity contribution < 1.29 is 4.74 Å². The van der Waals surface area contributed by atoms with Crippen molar-refractivity contribution in [2.75, 3.05) is 6.61 Å². The largest absolute Gasteiger partial charge is 0.494 e. The lowest BCUT2D eigenvalue weighted by Crippen LogP contribution is -2.43. The average Bonchev–Trinajstić information content (AvgIpc) is 2.94. The van der Waals surface area contributed by atoms with Crippen LogP contribution in [-0.2, 0) is 6.42 Å². The topological polar surface area (TPSA) is 35.2 Å². The van der Waals surface area contributed by atoms with Crippen molar-refractivity contribution in [1.82, 2.24) is 0 Å². The monoisotopic (exact) mass is 317 g/mol. The summed E-state index contributed by atoms with van der Waals surface area (Å²) in [5.41, 5.74) is 8.03. The normalized spacial score (nSPS) is 24.0. The Labute approximate surface area is 142 Å². The number of benzene rings is 1. The molecule has 1 aliphatic carbocycles. The van der Waals surface area contributed by atoms with Crippen LogP contribution in [-0.4, -0.2) is 12.1 Å². The smallest absolute Gasteiger partial charge is 0.119 e. The van der Waals surface area contributed by atoms with E-state index >= 15 is 0 Å². The first-order valence-electron chi connectivity index (χ1n) is 9.68. The zero-order valence-electron chi connectivity index (χ0n) is 15.2. The van der Waals surface area contributed by atoms with Crippen LogP contribution in [0, 0.1) is 5.92 Å². The Hall–Kier alpha value is -1.02. The Bertz CT molecular complexity index is 442. The fourth-order valence-electron chi connectivity index (χ4n) is 3.84. The van der Waals surface area contributed by atoms with Gasteiger partial charge in [-0.15, -0.1) is 0 Å². The molecule has 23 heavy (non-hydrogen) atoms. The first-order valence-corrected chi connectivity index (χ1v) is 9.68. The third-order valence-electron chi connectivity index (χ3n) is 5.59. The highest BCUT2D eigenvalue weighted by Gasteiger charge is 2.37. The first-order chi connectivity index (χ1) is 11.2. The van der Waals surface area contributed by atoms with E-state index in [9.17, 15) is 0 Å². The zero-order chi connectivity index (χ0) is 16.5. The Morgan fingerprint density at radius 2 is 1.83 bits per heavy atom. The lowest BCUT2D eigenvalue weighted by Gasteiger charge is -2.30. The van der Waals surface area contributed by atoms with Gasteiger partial charge < -0.3 is 10.5 Å². The maximum atomic E-state index is 6.57. The van der Waals surface area contributed by atoms with E-state index in [2.05, 4.69) is 38.1 Å². The zero-order valence-corrected chi connectivity index (χ0v) is 15.2. The predicted octanol–water partition coefficient (Wildman–Crippen LogP) is 5.49. The molecule has 2 atom stereocenters. The Kier molecular flexibility index (Phi) is 7.42. The van der Waals surface area contributed by atoms with E-state index in [1.54, 1.807) is 0 Å². The summed E-state index contributed by atoms with van der Waals surface area (Å²) in [6, 6.07) is 8.70. The molecular weight excluding hydrogens is 282 g/mol. The third-order valence-corrected chi connectivity index (χ3v) is 5.59. The Morgan fingerprint density at radius 3 is 2.52 bits per heavy atom. The molecule has 1 fully saturated rings. The van der Waals surface area contributed by atoms with Crippen LogP contribution >= 0.6 is 0 Å². The number of hydrogen-bond acceptors (Lipinski definition) is 2. The molecule has 0 amide bonds. The summed E-state index contributed by atoms with van der Waals surface area (Å²) in [6.45, 7) is 5.32. The molecule has 0 heterocycles. The van der Waals surface area contributed by atoms with Gasteiger partial charge in [0, 0.05) is 5.54 Å². The number of rotatable bonds is 10. The molecule has 2 nitrogen and oxygen atoms in total. The molecule has 1 aromatic carbocycles. The highest BCUT2D eigenvalue weighted by molar-refractivity contribution is 5.28. The second-order valence-corrected chi connectivity index (χ2v) is 7.29. The summed E-state index contributed by atoms with van der Waals surface area (Å²) >= 11 is 0. The van der Waals surface area contributed by atoms with Crippen molar-refractivity contribution in [3.05, 3.63) is 29.8 Å². The fourth-order valence-corrected chi connectivity index (χ4v) is 3.84. The molecule has 0 radical (unpaired) electrons. The molecule has 1 aromatic rings. The van der Waals surface area contributed by atoms with E-state index in [1.165, 1.54) is 50.5 Å². The number of unbranched alkanes of at least 4 members (excludes halogenated alkanes) is 4. The predicted molar refractivity (Wildman–Crippen MR) is 99.0 cm³/mol. The lowest BCUT2D eigenvalue weighted by molar-refractivity contribution is 0.301. The van der Waals surface area contributed by atoms with E-state index in [0.717, 1.165) is 31.6 Å². The van der Waals surface area contributed by atoms with Crippen molar-refractivity contribution in [1.29, 1.82) is 0 Å². The molecule has 0 aliphatic heterocycles. The molecule has 0 bridgehead atoms. The van der Waals surface area contributed by atoms with Crippen LogP contribution in [0.1, 0.15) is 77.2 Å². The van der Waals surface area contributed by atoms with Crippen LogP contribution in [0.25, 0.3) is 0 Å². The van der Waals surface area contributed by atoms with Crippen LogP contribution in [0.3, 0.4) is 0 Å². The Balaban J connectivity index is 1.74. The van der Waals surface area contributed by atoms with Crippen molar-refractivity contribution in [2.24, 2.45) is 11.7 Å². The average molecular weight is 318 g/mol. The van der Waals surface area contributed by atoms with Gasteiger partial charge in [-0.2, -0.15) is 0 Å². The fraction of sp³-hybridized carbons (Fsp3) is 0.714. The van der Waals surface area contributed by atoms with Gasteiger partial charge in [0.25, 0.3) is 0 Å². The minimum atomic E-state index is 0.0632. The van der Waals surface area contributed by atoms with Gasteiger partial charge in [-0.05, 0) is 55.7 Å². The molecule has 2 N–H and O–H groups in total. The van der Waals surface area contributed by atoms with E-state index < -0.39 is 0 Å². The molecule has 2 heteroatoms. The van der Waals surface area contributed by atoms with Gasteiger partial charge in [-0.3, -0.25) is 0 Å². The molecule has 130 valence electrons. The minimum absolute atomic E-state index is 0.0632. The molecule has 0 unspecified atom stereocenters. The minimum Gasteiger partial charge on any atom is -0.494 e. The summed E-state index contributed by atoms with van der Waals surface area (Å²) in [5, 5.41) is 0. The van der Waals surface area contributed by atoms with Crippen molar-refractivity contribution >= 4 is 0 Å². The summed E-state index contributed by atoms with van der Waals surface area (Å²) in [7, 11) is 0. The van der Waals surface area contributed by atoms with Gasteiger partial charge in [0.1, 0.15) is 5.75 Å². The van der Waals surface area contributed by atoms with Crippen LogP contribution in [0.15, 0.2) is 24.3 Å². The second-order valence-electron chi connectivity index (χ2n) is 7.29. The van der Waals surface area contributed by atoms with Gasteiger partial charge in [0.05, 0.1) is 6.61 Å². The molecule has 1 saturated carbocycles. The highest BCUT2D eigenvalue weighted by atomic mass is 16.5. The van der Waals surface area contributed by atoms with Gasteiger partial charge >= 0.3 is 0 Å². The number of nitrogens with two attached hydrogens (primary N) is 1. The van der Waals surface area contributed by atoms with Gasteiger partial charge in [0.2, 0.25) is 0 Å². The summed E-state index contributed by atoms with van der Waals surface area (Å²) in [5.74, 6) is 1.64. The summed E-state index contributed by atoms with van der Waals surface area (Å²) in [6.07, 6.45) is 12.4. The summed E-state index contributed by atoms with van der Waals surface area (Å²) < 4.78 is 5.85. The molecule has 2 rings (SSSR count). The van der Waals surface area contributed by atoms with Crippen molar-refractivity contribution in [3.63, 3.8) is 0 Å². The Morgan fingerprint density at radius 1 is 1.09 bits per heavy atom. The van der Waals surface area contributed by atoms with Crippen LogP contribution in [0.4, 0.5) is 0 Å². The van der Waals surface area contributed by atoms with Gasteiger partial charge in [-0.1, -0.05) is 58.1 Å². The molecule has 0 aromatic heterocycles. The molecule has 0 spiro atoms. The van der Waals surface area contributed by atoms with Crippen molar-refractivity contribution in [3.8, 4) is 5.75 Å². The van der Waals surface area contributed by atoms with Crippen molar-refractivity contribution in [2.45, 2.75) is 83.6 Å². The van der Waals surface area contributed by atoms with E-state index in [1.807, 2.05) is 0 Å².